The third kappa shape index (κ3) is 3.29. The predicted octanol–water partition coefficient (Wildman–Crippen LogP) is 0.776. The summed E-state index contributed by atoms with van der Waals surface area (Å²) in [5, 5.41) is 11.3. The number of anilines is 1. The highest BCUT2D eigenvalue weighted by Gasteiger charge is 2.12. The highest BCUT2D eigenvalue weighted by Crippen LogP contribution is 2.17. The van der Waals surface area contributed by atoms with E-state index in [1.165, 1.54) is 23.9 Å². The molecule has 3 rings (SSSR count). The van der Waals surface area contributed by atoms with Crippen molar-refractivity contribution in [1.29, 1.82) is 5.26 Å². The van der Waals surface area contributed by atoms with E-state index < -0.39 is 17.2 Å². The van der Waals surface area contributed by atoms with Crippen LogP contribution in [0.2, 0.25) is 0 Å². The van der Waals surface area contributed by atoms with Crippen molar-refractivity contribution in [2.45, 2.75) is 0 Å². The van der Waals surface area contributed by atoms with E-state index in [9.17, 15) is 14.4 Å². The molecule has 2 aromatic heterocycles. The summed E-state index contributed by atoms with van der Waals surface area (Å²) in [6, 6.07) is 9.71. The summed E-state index contributed by atoms with van der Waals surface area (Å²) < 4.78 is 6.32. The first-order valence-corrected chi connectivity index (χ1v) is 7.50. The van der Waals surface area contributed by atoms with Gasteiger partial charge in [0, 0.05) is 18.9 Å². The number of aromatic nitrogens is 3. The van der Waals surface area contributed by atoms with Gasteiger partial charge in [-0.2, -0.15) is 5.26 Å². The lowest BCUT2D eigenvalue weighted by Crippen LogP contribution is -2.29. The van der Waals surface area contributed by atoms with E-state index in [0.29, 0.717) is 11.4 Å². The van der Waals surface area contributed by atoms with Gasteiger partial charge >= 0.3 is 5.69 Å². The quantitative estimate of drug-likeness (QED) is 0.714. The van der Waals surface area contributed by atoms with Gasteiger partial charge in [0.15, 0.2) is 6.61 Å². The Morgan fingerprint density at radius 1 is 1.35 bits per heavy atom. The molecule has 130 valence electrons. The Morgan fingerprint density at radius 2 is 2.08 bits per heavy atom. The number of fused-ring (bicyclic) bond motifs is 1. The summed E-state index contributed by atoms with van der Waals surface area (Å²) in [6.45, 7) is -0.0640. The number of rotatable bonds is 4. The first kappa shape index (κ1) is 16.9. The lowest BCUT2D eigenvalue weighted by molar-refractivity contribution is 0.102. The number of aryl methyl sites for hydroxylation is 1. The van der Waals surface area contributed by atoms with Gasteiger partial charge in [0.25, 0.3) is 11.5 Å². The minimum Gasteiger partial charge on any atom is -0.479 e. The Kier molecular flexibility index (Phi) is 4.49. The summed E-state index contributed by atoms with van der Waals surface area (Å²) in [5.74, 6) is 0.0442. The second-order valence-corrected chi connectivity index (χ2v) is 5.34. The molecule has 0 aliphatic heterocycles. The van der Waals surface area contributed by atoms with Crippen LogP contribution >= 0.6 is 0 Å². The van der Waals surface area contributed by atoms with Crippen molar-refractivity contribution < 1.29 is 9.53 Å². The van der Waals surface area contributed by atoms with Gasteiger partial charge in [-0.15, -0.1) is 0 Å². The van der Waals surface area contributed by atoms with Crippen molar-refractivity contribution in [2.24, 2.45) is 7.05 Å². The van der Waals surface area contributed by atoms with Gasteiger partial charge < -0.3 is 10.1 Å². The normalized spacial score (nSPS) is 10.3. The molecule has 0 aliphatic rings. The van der Waals surface area contributed by atoms with Gasteiger partial charge in [-0.05, 0) is 30.3 Å². The van der Waals surface area contributed by atoms with Gasteiger partial charge in [-0.3, -0.25) is 19.1 Å². The van der Waals surface area contributed by atoms with Crippen LogP contribution in [0.5, 0.6) is 5.75 Å². The van der Waals surface area contributed by atoms with Crippen LogP contribution in [0.25, 0.3) is 11.0 Å². The van der Waals surface area contributed by atoms with Crippen LogP contribution in [0, 0.1) is 11.3 Å². The number of carbonyl (C=O) groups excluding carboxylic acids is 1. The fourth-order valence-electron chi connectivity index (χ4n) is 2.31. The standard InChI is InChI=1S/C17H13N5O4/c1-22-14-13(16(24)21-17(22)25)8-10(9-19-14)15(23)20-11-2-4-12(5-3-11)26-7-6-18/h2-5,8-9H,7H2,1H3,(H,20,23)(H,21,24,25). The molecule has 0 spiro atoms. The minimum atomic E-state index is -0.607. The molecule has 0 atom stereocenters. The number of H-pyrrole nitrogens is 1. The molecule has 1 aromatic carbocycles. The van der Waals surface area contributed by atoms with E-state index >= 15 is 0 Å². The Hall–Kier alpha value is -3.93. The molecule has 0 saturated carbocycles. The first-order chi connectivity index (χ1) is 12.5. The lowest BCUT2D eigenvalue weighted by Gasteiger charge is -2.08. The van der Waals surface area contributed by atoms with Crippen molar-refractivity contribution in [3.63, 3.8) is 0 Å². The SMILES string of the molecule is Cn1c(=O)[nH]c(=O)c2cc(C(=O)Nc3ccc(OCC#N)cc3)cnc21. The zero-order valence-corrected chi connectivity index (χ0v) is 13.6. The molecule has 9 nitrogen and oxygen atoms in total. The first-order valence-electron chi connectivity index (χ1n) is 7.50. The molecule has 0 saturated heterocycles. The minimum absolute atomic E-state index is 0.0640. The molecule has 0 unspecified atom stereocenters. The van der Waals surface area contributed by atoms with Crippen LogP contribution < -0.4 is 21.3 Å². The van der Waals surface area contributed by atoms with Crippen LogP contribution in [0.15, 0.2) is 46.1 Å². The molecule has 2 heterocycles. The number of aromatic amines is 1. The third-order valence-corrected chi connectivity index (χ3v) is 3.63. The van der Waals surface area contributed by atoms with Gasteiger partial charge in [0.1, 0.15) is 17.5 Å². The van der Waals surface area contributed by atoms with Crippen LogP contribution in [0.1, 0.15) is 10.4 Å². The topological polar surface area (TPSA) is 130 Å². The Morgan fingerprint density at radius 3 is 2.77 bits per heavy atom. The highest BCUT2D eigenvalue weighted by molar-refractivity contribution is 6.05. The second-order valence-electron chi connectivity index (χ2n) is 5.34. The third-order valence-electron chi connectivity index (χ3n) is 3.63. The fourth-order valence-corrected chi connectivity index (χ4v) is 2.31. The summed E-state index contributed by atoms with van der Waals surface area (Å²) in [4.78, 5) is 42.1. The molecule has 9 heteroatoms. The number of hydrogen-bond donors (Lipinski definition) is 2. The number of benzene rings is 1. The van der Waals surface area contributed by atoms with Gasteiger partial charge in [-0.1, -0.05) is 0 Å². The summed E-state index contributed by atoms with van der Waals surface area (Å²) in [7, 11) is 1.48. The largest absolute Gasteiger partial charge is 0.479 e. The number of nitrogens with one attached hydrogen (secondary N) is 2. The summed E-state index contributed by atoms with van der Waals surface area (Å²) in [5.41, 5.74) is -0.315. The number of carbonyl (C=O) groups is 1. The smallest absolute Gasteiger partial charge is 0.329 e. The van der Waals surface area contributed by atoms with Crippen LogP contribution in [0.4, 0.5) is 5.69 Å². The monoisotopic (exact) mass is 351 g/mol. The van der Waals surface area contributed by atoms with E-state index in [2.05, 4.69) is 15.3 Å². The zero-order chi connectivity index (χ0) is 18.7. The number of pyridine rings is 1. The van der Waals surface area contributed by atoms with Crippen molar-refractivity contribution in [3.05, 3.63) is 62.9 Å². The predicted molar refractivity (Wildman–Crippen MR) is 93.1 cm³/mol. The summed E-state index contributed by atoms with van der Waals surface area (Å²) >= 11 is 0. The number of hydrogen-bond acceptors (Lipinski definition) is 6. The number of nitriles is 1. The maximum Gasteiger partial charge on any atom is 0.329 e. The maximum absolute atomic E-state index is 12.4. The molecule has 1 amide bonds. The highest BCUT2D eigenvalue weighted by atomic mass is 16.5. The number of nitrogens with zero attached hydrogens (tertiary/aromatic N) is 3. The van der Waals surface area contributed by atoms with E-state index in [1.807, 2.05) is 6.07 Å². The van der Waals surface area contributed by atoms with Gasteiger partial charge in [-0.25, -0.2) is 9.78 Å². The van der Waals surface area contributed by atoms with E-state index in [0.717, 1.165) is 0 Å². The Bertz CT molecular complexity index is 1140. The fraction of sp³-hybridized carbons (Fsp3) is 0.118. The van der Waals surface area contributed by atoms with Crippen molar-refractivity contribution in [1.82, 2.24) is 14.5 Å². The average molecular weight is 351 g/mol. The van der Waals surface area contributed by atoms with E-state index in [-0.39, 0.29) is 23.2 Å². The molecule has 0 bridgehead atoms. The maximum atomic E-state index is 12.4. The molecule has 2 N–H and O–H groups in total. The van der Waals surface area contributed by atoms with Crippen molar-refractivity contribution >= 4 is 22.6 Å². The number of ether oxygens (including phenoxy) is 1. The molecule has 3 aromatic rings. The zero-order valence-electron chi connectivity index (χ0n) is 13.6. The molecular formula is C17H13N5O4. The molecule has 0 fully saturated rings. The lowest BCUT2D eigenvalue weighted by atomic mass is 10.2. The molecule has 26 heavy (non-hydrogen) atoms. The number of amides is 1. The molecule has 0 radical (unpaired) electrons. The molecule has 0 aliphatic carbocycles. The van der Waals surface area contributed by atoms with E-state index in [4.69, 9.17) is 10.00 Å². The average Bonchev–Trinajstić information content (AvgIpc) is 2.65. The van der Waals surface area contributed by atoms with Crippen LogP contribution in [0.3, 0.4) is 0 Å². The van der Waals surface area contributed by atoms with Gasteiger partial charge in [0.2, 0.25) is 0 Å². The van der Waals surface area contributed by atoms with Crippen LogP contribution in [-0.4, -0.2) is 27.0 Å². The van der Waals surface area contributed by atoms with E-state index in [1.54, 1.807) is 24.3 Å². The second kappa shape index (κ2) is 6.90. The van der Waals surface area contributed by atoms with Crippen LogP contribution in [-0.2, 0) is 7.05 Å². The Balaban J connectivity index is 1.85. The Labute approximate surface area is 146 Å². The summed E-state index contributed by atoms with van der Waals surface area (Å²) in [6.07, 6.45) is 1.29. The van der Waals surface area contributed by atoms with Gasteiger partial charge in [0.05, 0.1) is 10.9 Å². The molecular weight excluding hydrogens is 338 g/mol. The van der Waals surface area contributed by atoms with Crippen molar-refractivity contribution in [3.8, 4) is 11.8 Å². The van der Waals surface area contributed by atoms with Crippen molar-refractivity contribution in [2.75, 3.05) is 11.9 Å².